The molecule has 2 N–H and O–H groups in total. The number of amides is 1. The SMILES string of the molecule is CCC(=O)CCCCC[C@H](NC(=O)[C@H]1CC12CCN(CC1CC1)CC2)c1ncc(-c2cc3ccc(C)nc3cc2F)[nH]1. The van der Waals surface area contributed by atoms with Crippen molar-refractivity contribution in [1.29, 1.82) is 0 Å². The van der Waals surface area contributed by atoms with Gasteiger partial charge in [-0.05, 0) is 88.4 Å². The van der Waals surface area contributed by atoms with Crippen LogP contribution in [0, 0.1) is 30.0 Å². The van der Waals surface area contributed by atoms with E-state index in [-0.39, 0.29) is 29.1 Å². The Bertz CT molecular complexity index is 1440. The van der Waals surface area contributed by atoms with Crippen LogP contribution in [0.25, 0.3) is 22.2 Å². The Morgan fingerprint density at radius 1 is 1.17 bits per heavy atom. The molecule has 1 aromatic carbocycles. The van der Waals surface area contributed by atoms with Gasteiger partial charge in [-0.2, -0.15) is 0 Å². The van der Waals surface area contributed by atoms with E-state index in [1.807, 2.05) is 26.0 Å². The molecule has 0 radical (unpaired) electrons. The van der Waals surface area contributed by atoms with Crippen LogP contribution in [0.5, 0.6) is 0 Å². The summed E-state index contributed by atoms with van der Waals surface area (Å²) in [7, 11) is 0. The number of rotatable bonds is 13. The molecule has 224 valence electrons. The highest BCUT2D eigenvalue weighted by atomic mass is 19.1. The Morgan fingerprint density at radius 2 is 1.98 bits per heavy atom. The van der Waals surface area contributed by atoms with Crippen molar-refractivity contribution in [3.8, 4) is 11.3 Å². The van der Waals surface area contributed by atoms with Gasteiger partial charge in [0.2, 0.25) is 5.91 Å². The van der Waals surface area contributed by atoms with Gasteiger partial charge in [-0.1, -0.05) is 25.8 Å². The van der Waals surface area contributed by atoms with E-state index < -0.39 is 0 Å². The quantitative estimate of drug-likeness (QED) is 0.223. The molecule has 1 saturated heterocycles. The molecule has 2 aliphatic carbocycles. The van der Waals surface area contributed by atoms with Gasteiger partial charge in [0.05, 0.1) is 23.4 Å². The zero-order valence-electron chi connectivity index (χ0n) is 25.1. The molecule has 2 saturated carbocycles. The Kier molecular flexibility index (Phi) is 8.44. The first-order valence-electron chi connectivity index (χ1n) is 16.0. The first-order valence-corrected chi connectivity index (χ1v) is 16.0. The van der Waals surface area contributed by atoms with Crippen LogP contribution in [0.2, 0.25) is 0 Å². The fourth-order valence-corrected chi connectivity index (χ4v) is 6.80. The Hall–Kier alpha value is -3.13. The molecule has 1 spiro atoms. The van der Waals surface area contributed by atoms with E-state index in [0.29, 0.717) is 41.2 Å². The first-order chi connectivity index (χ1) is 20.3. The van der Waals surface area contributed by atoms with Crippen molar-refractivity contribution in [2.24, 2.45) is 17.3 Å². The molecule has 3 aliphatic rings. The van der Waals surface area contributed by atoms with E-state index in [1.165, 1.54) is 25.5 Å². The summed E-state index contributed by atoms with van der Waals surface area (Å²) in [6.45, 7) is 7.24. The minimum atomic E-state index is -0.357. The largest absolute Gasteiger partial charge is 0.346 e. The lowest BCUT2D eigenvalue weighted by Gasteiger charge is -2.33. The number of ketones is 1. The summed E-state index contributed by atoms with van der Waals surface area (Å²) in [6.07, 6.45) is 12.2. The lowest BCUT2D eigenvalue weighted by Crippen LogP contribution is -2.38. The van der Waals surface area contributed by atoms with E-state index in [2.05, 4.69) is 25.2 Å². The summed E-state index contributed by atoms with van der Waals surface area (Å²) in [5.74, 6) is 1.67. The maximum absolute atomic E-state index is 15.2. The maximum Gasteiger partial charge on any atom is 0.224 e. The number of carbonyl (C=O) groups is 2. The number of piperidine rings is 1. The minimum absolute atomic E-state index is 0.0635. The molecule has 2 atom stereocenters. The number of halogens is 1. The third-order valence-corrected chi connectivity index (χ3v) is 9.86. The predicted molar refractivity (Wildman–Crippen MR) is 162 cm³/mol. The Morgan fingerprint density at radius 3 is 2.74 bits per heavy atom. The van der Waals surface area contributed by atoms with Crippen LogP contribution in [0.15, 0.2) is 30.5 Å². The highest BCUT2D eigenvalue weighted by Gasteiger charge is 2.58. The molecule has 3 heterocycles. The lowest BCUT2D eigenvalue weighted by molar-refractivity contribution is -0.124. The summed E-state index contributed by atoms with van der Waals surface area (Å²) in [4.78, 5) is 40.3. The highest BCUT2D eigenvalue weighted by Crippen LogP contribution is 2.59. The molecular formula is C34H44FN5O2. The van der Waals surface area contributed by atoms with E-state index >= 15 is 4.39 Å². The maximum atomic E-state index is 15.2. The standard InChI is InChI=1S/C34H44FN5O2/c1-3-25(41)7-5-4-6-8-29(39-33(42)27-19-34(27)13-15-40(16-14-34)21-23-10-11-23)32-36-20-31(38-32)26-17-24-12-9-22(2)37-30(24)18-28(26)35/h9,12,17-18,20,23,27,29H,3-8,10-11,13-16,19,21H2,1-2H3,(H,36,38)(H,39,42)/t27-,29+/m1/s1. The fourth-order valence-electron chi connectivity index (χ4n) is 6.80. The van der Waals surface area contributed by atoms with Gasteiger partial charge < -0.3 is 15.2 Å². The summed E-state index contributed by atoms with van der Waals surface area (Å²) in [5, 5.41) is 4.19. The topological polar surface area (TPSA) is 91.0 Å². The summed E-state index contributed by atoms with van der Waals surface area (Å²) < 4.78 is 15.2. The smallest absolute Gasteiger partial charge is 0.224 e. The number of hydrogen-bond donors (Lipinski definition) is 2. The molecular weight excluding hydrogens is 529 g/mol. The number of aromatic amines is 1. The summed E-state index contributed by atoms with van der Waals surface area (Å²) >= 11 is 0. The van der Waals surface area contributed by atoms with Crippen LogP contribution in [-0.2, 0) is 9.59 Å². The van der Waals surface area contributed by atoms with Crippen molar-refractivity contribution >= 4 is 22.6 Å². The Balaban J connectivity index is 1.14. The van der Waals surface area contributed by atoms with E-state index in [4.69, 9.17) is 0 Å². The number of hydrogen-bond acceptors (Lipinski definition) is 5. The van der Waals surface area contributed by atoms with Crippen molar-refractivity contribution in [3.63, 3.8) is 0 Å². The number of carbonyl (C=O) groups excluding carboxylic acids is 2. The van der Waals surface area contributed by atoms with Gasteiger partial charge in [-0.15, -0.1) is 0 Å². The third kappa shape index (κ3) is 6.59. The number of likely N-dealkylation sites (tertiary alicyclic amines) is 1. The Labute approximate surface area is 248 Å². The second-order valence-electron chi connectivity index (χ2n) is 13.1. The van der Waals surface area contributed by atoms with Crippen molar-refractivity contribution in [2.75, 3.05) is 19.6 Å². The second kappa shape index (κ2) is 12.2. The number of H-pyrrole nitrogens is 1. The molecule has 2 aromatic heterocycles. The molecule has 1 aliphatic heterocycles. The minimum Gasteiger partial charge on any atom is -0.346 e. The van der Waals surface area contributed by atoms with Crippen LogP contribution in [0.3, 0.4) is 0 Å². The number of fused-ring (bicyclic) bond motifs is 1. The number of nitrogens with zero attached hydrogens (tertiary/aromatic N) is 3. The number of aromatic nitrogens is 3. The molecule has 3 aromatic rings. The van der Waals surface area contributed by atoms with Crippen molar-refractivity contribution in [3.05, 3.63) is 47.8 Å². The van der Waals surface area contributed by atoms with Gasteiger partial charge in [0, 0.05) is 48.0 Å². The van der Waals surface area contributed by atoms with E-state index in [1.54, 1.807) is 12.3 Å². The molecule has 7 nitrogen and oxygen atoms in total. The van der Waals surface area contributed by atoms with Gasteiger partial charge in [0.1, 0.15) is 17.4 Å². The summed E-state index contributed by atoms with van der Waals surface area (Å²) in [6, 6.07) is 6.86. The zero-order chi connectivity index (χ0) is 29.3. The second-order valence-corrected chi connectivity index (χ2v) is 13.1. The van der Waals surface area contributed by atoms with Crippen LogP contribution < -0.4 is 5.32 Å². The monoisotopic (exact) mass is 573 g/mol. The van der Waals surface area contributed by atoms with Gasteiger partial charge in [0.15, 0.2) is 0 Å². The van der Waals surface area contributed by atoms with Crippen LogP contribution in [0.1, 0.15) is 95.1 Å². The normalized spacial score (nSPS) is 20.6. The number of unbranched alkanes of at least 4 members (excludes halogenated alkanes) is 2. The number of imidazole rings is 1. The highest BCUT2D eigenvalue weighted by molar-refractivity contribution is 5.85. The lowest BCUT2D eigenvalue weighted by atomic mass is 9.90. The van der Waals surface area contributed by atoms with Crippen molar-refractivity contribution < 1.29 is 14.0 Å². The molecule has 1 amide bonds. The number of aryl methyl sites for hydroxylation is 1. The number of Topliss-reactive ketones (excluding diaryl/α,β-unsaturated/α-hetero) is 1. The summed E-state index contributed by atoms with van der Waals surface area (Å²) in [5.41, 5.74) is 2.65. The third-order valence-electron chi connectivity index (χ3n) is 9.86. The van der Waals surface area contributed by atoms with Crippen LogP contribution in [0.4, 0.5) is 4.39 Å². The number of pyridine rings is 1. The van der Waals surface area contributed by atoms with E-state index in [9.17, 15) is 9.59 Å². The molecule has 6 rings (SSSR count). The molecule has 0 bridgehead atoms. The molecule has 3 fully saturated rings. The number of benzene rings is 1. The van der Waals surface area contributed by atoms with Gasteiger partial charge in [0.25, 0.3) is 0 Å². The van der Waals surface area contributed by atoms with Crippen molar-refractivity contribution in [2.45, 2.75) is 90.5 Å². The number of nitrogens with one attached hydrogen (secondary N) is 2. The first kappa shape index (κ1) is 29.0. The predicted octanol–water partition coefficient (Wildman–Crippen LogP) is 6.67. The molecule has 8 heteroatoms. The van der Waals surface area contributed by atoms with Crippen molar-refractivity contribution in [1.82, 2.24) is 25.2 Å². The van der Waals surface area contributed by atoms with Crippen LogP contribution >= 0.6 is 0 Å². The van der Waals surface area contributed by atoms with Gasteiger partial charge >= 0.3 is 0 Å². The average Bonchev–Trinajstić information content (AvgIpc) is 3.88. The average molecular weight is 574 g/mol. The molecule has 42 heavy (non-hydrogen) atoms. The molecule has 0 unspecified atom stereocenters. The van der Waals surface area contributed by atoms with Gasteiger partial charge in [-0.25, -0.2) is 9.37 Å². The zero-order valence-corrected chi connectivity index (χ0v) is 25.1. The van der Waals surface area contributed by atoms with Gasteiger partial charge in [-0.3, -0.25) is 14.6 Å². The van der Waals surface area contributed by atoms with E-state index in [0.717, 1.165) is 75.0 Å². The van der Waals surface area contributed by atoms with Crippen LogP contribution in [-0.4, -0.2) is 51.2 Å². The fraction of sp³-hybridized carbons (Fsp3) is 0.588.